The van der Waals surface area contributed by atoms with Crippen LogP contribution in [-0.4, -0.2) is 24.1 Å². The Morgan fingerprint density at radius 1 is 1.00 bits per heavy atom. The molecule has 2 aromatic carbocycles. The molecule has 0 aliphatic heterocycles. The van der Waals surface area contributed by atoms with Crippen LogP contribution in [0.4, 0.5) is 11.6 Å². The number of imidazole rings is 1. The number of halogens is 1. The molecule has 0 saturated carbocycles. The summed E-state index contributed by atoms with van der Waals surface area (Å²) in [6, 6.07) is 20.5. The third-order valence-corrected chi connectivity index (χ3v) is 5.73. The lowest BCUT2D eigenvalue weighted by atomic mass is 10.2. The van der Waals surface area contributed by atoms with Crippen molar-refractivity contribution in [1.29, 1.82) is 0 Å². The molecule has 5 aromatic rings. The minimum absolute atomic E-state index is 0.0731. The fourth-order valence-corrected chi connectivity index (χ4v) is 3.86. The first-order valence-electron chi connectivity index (χ1n) is 11.2. The molecular weight excluding hydrogens is 464 g/mol. The molecule has 0 radical (unpaired) electrons. The van der Waals surface area contributed by atoms with Crippen LogP contribution in [0, 0.1) is 0 Å². The molecule has 0 aliphatic rings. The number of nitrogens with zero attached hydrogens (tertiary/aromatic N) is 5. The average Bonchev–Trinajstić information content (AvgIpc) is 3.31. The Morgan fingerprint density at radius 2 is 1.77 bits per heavy atom. The number of ether oxygens (including phenoxy) is 1. The number of aromatic nitrogens is 5. The highest BCUT2D eigenvalue weighted by atomic mass is 35.5. The van der Waals surface area contributed by atoms with Crippen molar-refractivity contribution in [3.8, 4) is 11.6 Å². The van der Waals surface area contributed by atoms with Gasteiger partial charge in [-0.2, -0.15) is 4.98 Å². The van der Waals surface area contributed by atoms with Crippen LogP contribution >= 0.6 is 11.6 Å². The second kappa shape index (κ2) is 9.60. The number of fused-ring (bicyclic) bond motifs is 1. The number of anilines is 2. The van der Waals surface area contributed by atoms with Crippen LogP contribution in [0.5, 0.6) is 11.6 Å². The Kier molecular flexibility index (Phi) is 6.20. The Hall–Kier alpha value is -4.17. The minimum atomic E-state index is -0.337. The first-order valence-corrected chi connectivity index (χ1v) is 11.5. The number of nitrogens with one attached hydrogen (secondary N) is 1. The summed E-state index contributed by atoms with van der Waals surface area (Å²) >= 11 is 6.07. The van der Waals surface area contributed by atoms with Crippen LogP contribution in [0.2, 0.25) is 5.02 Å². The first-order chi connectivity index (χ1) is 17.0. The molecule has 0 spiro atoms. The van der Waals surface area contributed by atoms with Crippen LogP contribution in [0.1, 0.15) is 25.5 Å². The van der Waals surface area contributed by atoms with Gasteiger partial charge in [0.15, 0.2) is 11.2 Å². The molecule has 3 heterocycles. The van der Waals surface area contributed by atoms with Crippen LogP contribution in [-0.2, 0) is 6.54 Å². The third kappa shape index (κ3) is 4.88. The first kappa shape index (κ1) is 22.6. The monoisotopic (exact) mass is 486 g/mol. The van der Waals surface area contributed by atoms with Crippen molar-refractivity contribution < 1.29 is 4.74 Å². The maximum Gasteiger partial charge on any atom is 0.300 e. The van der Waals surface area contributed by atoms with Crippen molar-refractivity contribution in [1.82, 2.24) is 24.1 Å². The molecule has 176 valence electrons. The molecule has 0 atom stereocenters. The van der Waals surface area contributed by atoms with E-state index in [0.717, 1.165) is 11.3 Å². The van der Waals surface area contributed by atoms with E-state index in [2.05, 4.69) is 20.3 Å². The second-order valence-corrected chi connectivity index (χ2v) is 8.73. The summed E-state index contributed by atoms with van der Waals surface area (Å²) in [5.41, 5.74) is 2.45. The summed E-state index contributed by atoms with van der Waals surface area (Å²) in [6.45, 7) is 4.47. The molecule has 0 bridgehead atoms. The lowest BCUT2D eigenvalue weighted by Crippen LogP contribution is -2.20. The second-order valence-electron chi connectivity index (χ2n) is 8.29. The van der Waals surface area contributed by atoms with Gasteiger partial charge in [0.2, 0.25) is 11.8 Å². The van der Waals surface area contributed by atoms with Crippen molar-refractivity contribution in [3.05, 3.63) is 100 Å². The van der Waals surface area contributed by atoms with Gasteiger partial charge in [-0.05, 0) is 61.9 Å². The summed E-state index contributed by atoms with van der Waals surface area (Å²) in [5.74, 6) is 1.55. The van der Waals surface area contributed by atoms with E-state index in [9.17, 15) is 4.79 Å². The van der Waals surface area contributed by atoms with E-state index >= 15 is 0 Å². The molecule has 0 unspecified atom stereocenters. The van der Waals surface area contributed by atoms with Crippen molar-refractivity contribution >= 4 is 34.4 Å². The largest absolute Gasteiger partial charge is 0.439 e. The topological polar surface area (TPSA) is 86.9 Å². The van der Waals surface area contributed by atoms with Crippen LogP contribution in [0.3, 0.4) is 0 Å². The number of pyridine rings is 1. The summed E-state index contributed by atoms with van der Waals surface area (Å²) in [6.07, 6.45) is 3.36. The van der Waals surface area contributed by atoms with Gasteiger partial charge in [0.25, 0.3) is 0 Å². The van der Waals surface area contributed by atoms with Crippen molar-refractivity contribution in [3.63, 3.8) is 0 Å². The van der Waals surface area contributed by atoms with E-state index in [4.69, 9.17) is 16.3 Å². The van der Waals surface area contributed by atoms with E-state index in [1.807, 2.05) is 83.6 Å². The zero-order chi connectivity index (χ0) is 24.4. The Bertz CT molecular complexity index is 1510. The van der Waals surface area contributed by atoms with E-state index < -0.39 is 0 Å². The van der Waals surface area contributed by atoms with Crippen molar-refractivity contribution in [2.75, 3.05) is 5.32 Å². The average molecular weight is 487 g/mol. The number of rotatable bonds is 7. The molecule has 5 rings (SSSR count). The van der Waals surface area contributed by atoms with Crippen LogP contribution in [0.15, 0.2) is 84.0 Å². The molecule has 9 heteroatoms. The van der Waals surface area contributed by atoms with Gasteiger partial charge in [-0.1, -0.05) is 29.8 Å². The molecule has 0 fully saturated rings. The summed E-state index contributed by atoms with van der Waals surface area (Å²) < 4.78 is 9.51. The van der Waals surface area contributed by atoms with Crippen LogP contribution < -0.4 is 15.6 Å². The maximum absolute atomic E-state index is 13.0. The third-order valence-electron chi connectivity index (χ3n) is 5.48. The molecular formula is C26H23ClN6O2. The van der Waals surface area contributed by atoms with Gasteiger partial charge in [-0.3, -0.25) is 9.36 Å². The SMILES string of the molecule is CC(C)n1cnc2c1c(=O)nc(Nc1ccc(Oc3ccccn3)cc1)n2Cc1ccc(Cl)cc1. The molecule has 8 nitrogen and oxygen atoms in total. The minimum Gasteiger partial charge on any atom is -0.439 e. The van der Waals surface area contributed by atoms with Gasteiger partial charge in [-0.25, -0.2) is 9.97 Å². The van der Waals surface area contributed by atoms with Gasteiger partial charge in [-0.15, -0.1) is 0 Å². The quantitative estimate of drug-likeness (QED) is 0.312. The van der Waals surface area contributed by atoms with Crippen molar-refractivity contribution in [2.24, 2.45) is 0 Å². The number of hydrogen-bond donors (Lipinski definition) is 1. The highest BCUT2D eigenvalue weighted by Crippen LogP contribution is 2.25. The molecule has 0 amide bonds. The smallest absolute Gasteiger partial charge is 0.300 e. The fourth-order valence-electron chi connectivity index (χ4n) is 3.74. The van der Waals surface area contributed by atoms with E-state index in [1.54, 1.807) is 18.6 Å². The van der Waals surface area contributed by atoms with Crippen LogP contribution in [0.25, 0.3) is 11.2 Å². The molecule has 35 heavy (non-hydrogen) atoms. The summed E-state index contributed by atoms with van der Waals surface area (Å²) in [7, 11) is 0. The predicted molar refractivity (Wildman–Crippen MR) is 137 cm³/mol. The summed E-state index contributed by atoms with van der Waals surface area (Å²) in [5, 5.41) is 3.93. The lowest BCUT2D eigenvalue weighted by molar-refractivity contribution is 0.463. The zero-order valence-corrected chi connectivity index (χ0v) is 20.0. The van der Waals surface area contributed by atoms with Gasteiger partial charge < -0.3 is 14.6 Å². The van der Waals surface area contributed by atoms with Gasteiger partial charge in [0.1, 0.15) is 5.75 Å². The zero-order valence-electron chi connectivity index (χ0n) is 19.2. The maximum atomic E-state index is 13.0. The molecule has 0 saturated heterocycles. The standard InChI is InChI=1S/C26H23ClN6O2/c1-17(2)33-16-29-24-23(33)25(34)31-26(32(24)15-18-6-8-19(27)9-7-18)30-20-10-12-21(13-11-20)35-22-5-3-4-14-28-22/h3-14,16-17H,15H2,1-2H3,(H,30,31,34). The Balaban J connectivity index is 1.51. The van der Waals surface area contributed by atoms with E-state index in [1.165, 1.54) is 0 Å². The van der Waals surface area contributed by atoms with Gasteiger partial charge in [0, 0.05) is 29.0 Å². The number of benzene rings is 2. The molecule has 3 aromatic heterocycles. The highest BCUT2D eigenvalue weighted by molar-refractivity contribution is 6.30. The Labute approximate surface area is 206 Å². The Morgan fingerprint density at radius 3 is 2.46 bits per heavy atom. The fraction of sp³-hybridized carbons (Fsp3) is 0.154. The molecule has 1 N–H and O–H groups in total. The van der Waals surface area contributed by atoms with Gasteiger partial charge >= 0.3 is 5.56 Å². The van der Waals surface area contributed by atoms with E-state index in [0.29, 0.717) is 40.3 Å². The lowest BCUT2D eigenvalue weighted by Gasteiger charge is -2.16. The number of hydrogen-bond acceptors (Lipinski definition) is 6. The van der Waals surface area contributed by atoms with E-state index in [-0.39, 0.29) is 11.6 Å². The highest BCUT2D eigenvalue weighted by Gasteiger charge is 2.18. The normalized spacial score (nSPS) is 11.2. The molecule has 0 aliphatic carbocycles. The summed E-state index contributed by atoms with van der Waals surface area (Å²) in [4.78, 5) is 26.1. The van der Waals surface area contributed by atoms with Gasteiger partial charge in [0.05, 0.1) is 12.9 Å². The van der Waals surface area contributed by atoms with Crippen molar-refractivity contribution in [2.45, 2.75) is 26.4 Å². The predicted octanol–water partition coefficient (Wildman–Crippen LogP) is 5.81.